The maximum Gasteiger partial charge on any atom is 0.308 e. The van der Waals surface area contributed by atoms with Gasteiger partial charge in [-0.2, -0.15) is 0 Å². The van der Waals surface area contributed by atoms with Crippen molar-refractivity contribution in [2.45, 2.75) is 25.7 Å². The number of amides is 1. The second kappa shape index (κ2) is 4.39. The fourth-order valence-corrected chi connectivity index (χ4v) is 1.87. The topological polar surface area (TPSA) is 84.9 Å². The van der Waals surface area contributed by atoms with Crippen LogP contribution in [0.25, 0.3) is 0 Å². The van der Waals surface area contributed by atoms with Crippen molar-refractivity contribution in [3.8, 4) is 0 Å². The smallest absolute Gasteiger partial charge is 0.308 e. The predicted molar refractivity (Wildman–Crippen MR) is 54.6 cm³/mol. The van der Waals surface area contributed by atoms with Gasteiger partial charge in [0.1, 0.15) is 5.92 Å². The lowest BCUT2D eigenvalue weighted by Crippen LogP contribution is -2.69. The second-order valence-corrected chi connectivity index (χ2v) is 4.06. The standard InChI is InChI=1S/C10H17NO5/c1-5(9(13)14)7-6(8(12)11-7)10(2,15-3)16-4/h5-7H,1-4H3,(H,11,12)(H,13,14). The average Bonchev–Trinajstić information content (AvgIpc) is 2.24. The number of aliphatic carboxylic acids is 1. The Morgan fingerprint density at radius 3 is 2.31 bits per heavy atom. The summed E-state index contributed by atoms with van der Waals surface area (Å²) in [5.41, 5.74) is 0. The second-order valence-electron chi connectivity index (χ2n) is 4.06. The Balaban J connectivity index is 2.85. The van der Waals surface area contributed by atoms with Gasteiger partial charge in [0.05, 0.1) is 12.0 Å². The zero-order valence-corrected chi connectivity index (χ0v) is 9.81. The minimum absolute atomic E-state index is 0.246. The summed E-state index contributed by atoms with van der Waals surface area (Å²) in [6.07, 6.45) is 0. The van der Waals surface area contributed by atoms with Crippen LogP contribution in [0.1, 0.15) is 13.8 Å². The van der Waals surface area contributed by atoms with Crippen molar-refractivity contribution >= 4 is 11.9 Å². The minimum atomic E-state index is -1.09. The lowest BCUT2D eigenvalue weighted by Gasteiger charge is -2.47. The molecule has 1 aliphatic heterocycles. The van der Waals surface area contributed by atoms with Crippen LogP contribution in [0.4, 0.5) is 0 Å². The molecular weight excluding hydrogens is 214 g/mol. The molecule has 1 saturated heterocycles. The molecule has 0 aromatic rings. The van der Waals surface area contributed by atoms with Crippen LogP contribution >= 0.6 is 0 Å². The van der Waals surface area contributed by atoms with Crippen molar-refractivity contribution in [2.75, 3.05) is 14.2 Å². The van der Waals surface area contributed by atoms with E-state index in [1.807, 2.05) is 0 Å². The molecule has 3 unspecified atom stereocenters. The molecule has 1 heterocycles. The third kappa shape index (κ3) is 1.90. The van der Waals surface area contributed by atoms with E-state index < -0.39 is 29.6 Å². The minimum Gasteiger partial charge on any atom is -0.481 e. The molecule has 0 saturated carbocycles. The molecule has 3 atom stereocenters. The fraction of sp³-hybridized carbons (Fsp3) is 0.800. The third-order valence-electron chi connectivity index (χ3n) is 3.25. The van der Waals surface area contributed by atoms with E-state index in [4.69, 9.17) is 14.6 Å². The summed E-state index contributed by atoms with van der Waals surface area (Å²) in [4.78, 5) is 22.3. The molecule has 92 valence electrons. The number of rotatable bonds is 5. The summed E-state index contributed by atoms with van der Waals surface area (Å²) in [5.74, 6) is -3.56. The lowest BCUT2D eigenvalue weighted by atomic mass is 9.77. The molecule has 0 aliphatic carbocycles. The van der Waals surface area contributed by atoms with E-state index in [2.05, 4.69) is 5.32 Å². The van der Waals surface area contributed by atoms with E-state index in [9.17, 15) is 9.59 Å². The zero-order valence-electron chi connectivity index (χ0n) is 9.81. The number of hydrogen-bond acceptors (Lipinski definition) is 4. The number of carbonyl (C=O) groups excluding carboxylic acids is 1. The Hall–Kier alpha value is -1.14. The normalized spacial score (nSPS) is 26.9. The number of methoxy groups -OCH3 is 2. The van der Waals surface area contributed by atoms with Crippen molar-refractivity contribution in [1.29, 1.82) is 0 Å². The lowest BCUT2D eigenvalue weighted by molar-refractivity contribution is -0.243. The first-order chi connectivity index (χ1) is 7.37. The van der Waals surface area contributed by atoms with E-state index in [0.717, 1.165) is 0 Å². The first kappa shape index (κ1) is 12.9. The molecule has 1 rings (SSSR count). The van der Waals surface area contributed by atoms with Crippen LogP contribution in [0.2, 0.25) is 0 Å². The number of carboxylic acid groups (broad SMARTS) is 1. The molecule has 0 radical (unpaired) electrons. The van der Waals surface area contributed by atoms with Crippen molar-refractivity contribution in [3.05, 3.63) is 0 Å². The Morgan fingerprint density at radius 2 is 2.00 bits per heavy atom. The fourth-order valence-electron chi connectivity index (χ4n) is 1.87. The van der Waals surface area contributed by atoms with E-state index in [1.54, 1.807) is 13.8 Å². The number of nitrogens with one attached hydrogen (secondary N) is 1. The number of carbonyl (C=O) groups is 2. The molecule has 6 heteroatoms. The first-order valence-electron chi connectivity index (χ1n) is 5.01. The third-order valence-corrected chi connectivity index (χ3v) is 3.25. The molecule has 0 aromatic heterocycles. The highest BCUT2D eigenvalue weighted by Gasteiger charge is 2.55. The highest BCUT2D eigenvalue weighted by atomic mass is 16.7. The number of ether oxygens (including phenoxy) is 2. The Morgan fingerprint density at radius 1 is 1.50 bits per heavy atom. The molecule has 1 aliphatic rings. The van der Waals surface area contributed by atoms with Crippen LogP contribution in [0, 0.1) is 11.8 Å². The molecule has 0 aromatic carbocycles. The monoisotopic (exact) mass is 231 g/mol. The van der Waals surface area contributed by atoms with Crippen LogP contribution in [-0.2, 0) is 19.1 Å². The van der Waals surface area contributed by atoms with Gasteiger partial charge in [-0.05, 0) is 13.8 Å². The predicted octanol–water partition coefficient (Wildman–Crippen LogP) is -0.169. The van der Waals surface area contributed by atoms with Gasteiger partial charge in [0, 0.05) is 14.2 Å². The van der Waals surface area contributed by atoms with Crippen LogP contribution in [-0.4, -0.2) is 43.0 Å². The summed E-state index contributed by atoms with van der Waals surface area (Å²) >= 11 is 0. The molecule has 0 spiro atoms. The van der Waals surface area contributed by atoms with Gasteiger partial charge in [0.25, 0.3) is 0 Å². The largest absolute Gasteiger partial charge is 0.481 e. The summed E-state index contributed by atoms with van der Waals surface area (Å²) in [5, 5.41) is 11.5. The average molecular weight is 231 g/mol. The van der Waals surface area contributed by atoms with Crippen LogP contribution in [0.15, 0.2) is 0 Å². The van der Waals surface area contributed by atoms with Crippen molar-refractivity contribution in [3.63, 3.8) is 0 Å². The summed E-state index contributed by atoms with van der Waals surface area (Å²) < 4.78 is 10.3. The van der Waals surface area contributed by atoms with Crippen molar-refractivity contribution < 1.29 is 24.2 Å². The first-order valence-corrected chi connectivity index (χ1v) is 5.01. The summed E-state index contributed by atoms with van der Waals surface area (Å²) in [6.45, 7) is 3.17. The zero-order chi connectivity index (χ0) is 12.5. The van der Waals surface area contributed by atoms with E-state index in [1.165, 1.54) is 14.2 Å². The maximum absolute atomic E-state index is 11.5. The number of β-lactam (4-membered cyclic amide) rings is 1. The molecule has 1 fully saturated rings. The quantitative estimate of drug-likeness (QED) is 0.507. The summed E-state index contributed by atoms with van der Waals surface area (Å²) in [6, 6.07) is -0.463. The van der Waals surface area contributed by atoms with Gasteiger partial charge in [-0.25, -0.2) is 0 Å². The number of carboxylic acids is 1. The SMILES string of the molecule is COC(C)(OC)C1C(=O)NC1C(C)C(=O)O. The van der Waals surface area contributed by atoms with Crippen LogP contribution in [0.5, 0.6) is 0 Å². The van der Waals surface area contributed by atoms with Gasteiger partial charge < -0.3 is 19.9 Å². The molecule has 2 N–H and O–H groups in total. The molecule has 0 bridgehead atoms. The molecule has 16 heavy (non-hydrogen) atoms. The van der Waals surface area contributed by atoms with E-state index >= 15 is 0 Å². The Kier molecular flexibility index (Phi) is 3.54. The van der Waals surface area contributed by atoms with Gasteiger partial charge in [0.2, 0.25) is 5.91 Å². The van der Waals surface area contributed by atoms with Gasteiger partial charge in [-0.1, -0.05) is 0 Å². The van der Waals surface area contributed by atoms with E-state index in [-0.39, 0.29) is 5.91 Å². The van der Waals surface area contributed by atoms with Gasteiger partial charge in [-0.3, -0.25) is 9.59 Å². The van der Waals surface area contributed by atoms with Gasteiger partial charge in [0.15, 0.2) is 5.79 Å². The van der Waals surface area contributed by atoms with Crippen molar-refractivity contribution in [2.24, 2.45) is 11.8 Å². The highest BCUT2D eigenvalue weighted by Crippen LogP contribution is 2.34. The van der Waals surface area contributed by atoms with E-state index in [0.29, 0.717) is 0 Å². The highest BCUT2D eigenvalue weighted by molar-refractivity contribution is 5.89. The summed E-state index contributed by atoms with van der Waals surface area (Å²) in [7, 11) is 2.86. The molecule has 6 nitrogen and oxygen atoms in total. The van der Waals surface area contributed by atoms with Crippen LogP contribution in [0.3, 0.4) is 0 Å². The Bertz CT molecular complexity index is 300. The van der Waals surface area contributed by atoms with Gasteiger partial charge >= 0.3 is 5.97 Å². The van der Waals surface area contributed by atoms with Crippen molar-refractivity contribution in [1.82, 2.24) is 5.32 Å². The maximum atomic E-state index is 11.5. The van der Waals surface area contributed by atoms with Gasteiger partial charge in [-0.15, -0.1) is 0 Å². The molecule has 1 amide bonds. The Labute approximate surface area is 93.9 Å². The van der Waals surface area contributed by atoms with Crippen LogP contribution < -0.4 is 5.32 Å². The number of hydrogen-bond donors (Lipinski definition) is 2. The molecular formula is C10H17NO5.